The zero-order chi connectivity index (χ0) is 17.0. The molecule has 0 spiro atoms. The SMILES string of the molecule is CCCC1(C)CC(Nc2ccccc2)ON(c2ccccc2)C1=O. The molecule has 3 rings (SSSR count). The Balaban J connectivity index is 1.87. The Morgan fingerprint density at radius 3 is 2.38 bits per heavy atom. The fourth-order valence-electron chi connectivity index (χ4n) is 3.25. The topological polar surface area (TPSA) is 41.6 Å². The molecule has 1 heterocycles. The number of para-hydroxylation sites is 2. The molecule has 1 aliphatic rings. The number of nitrogens with one attached hydrogen (secondary N) is 1. The summed E-state index contributed by atoms with van der Waals surface area (Å²) in [4.78, 5) is 19.0. The van der Waals surface area contributed by atoms with Gasteiger partial charge in [-0.3, -0.25) is 4.79 Å². The fourth-order valence-corrected chi connectivity index (χ4v) is 3.25. The lowest BCUT2D eigenvalue weighted by atomic mass is 9.79. The molecule has 0 aliphatic carbocycles. The maximum Gasteiger partial charge on any atom is 0.257 e. The van der Waals surface area contributed by atoms with Crippen LogP contribution in [0.3, 0.4) is 0 Å². The van der Waals surface area contributed by atoms with Crippen LogP contribution in [0.25, 0.3) is 0 Å². The Labute approximate surface area is 143 Å². The Bertz CT molecular complexity index is 675. The molecule has 4 heteroatoms. The molecule has 2 aromatic carbocycles. The van der Waals surface area contributed by atoms with Crippen LogP contribution < -0.4 is 10.4 Å². The van der Waals surface area contributed by atoms with Crippen molar-refractivity contribution in [1.82, 2.24) is 0 Å². The molecular formula is C20H24N2O2. The average molecular weight is 324 g/mol. The number of anilines is 2. The van der Waals surface area contributed by atoms with Gasteiger partial charge in [0.05, 0.1) is 11.1 Å². The van der Waals surface area contributed by atoms with Crippen LogP contribution in [0.5, 0.6) is 0 Å². The van der Waals surface area contributed by atoms with Crippen LogP contribution in [-0.4, -0.2) is 12.1 Å². The van der Waals surface area contributed by atoms with Crippen LogP contribution in [-0.2, 0) is 9.63 Å². The number of amides is 1. The number of nitrogens with zero attached hydrogens (tertiary/aromatic N) is 1. The first-order chi connectivity index (χ1) is 11.6. The molecule has 1 aliphatic heterocycles. The largest absolute Gasteiger partial charge is 0.358 e. The Morgan fingerprint density at radius 2 is 1.75 bits per heavy atom. The minimum Gasteiger partial charge on any atom is -0.358 e. The van der Waals surface area contributed by atoms with Crippen molar-refractivity contribution in [3.63, 3.8) is 0 Å². The van der Waals surface area contributed by atoms with Gasteiger partial charge in [0.25, 0.3) is 5.91 Å². The van der Waals surface area contributed by atoms with Gasteiger partial charge < -0.3 is 5.32 Å². The first-order valence-electron chi connectivity index (χ1n) is 8.50. The molecule has 1 amide bonds. The van der Waals surface area contributed by atoms with Crippen molar-refractivity contribution in [2.75, 3.05) is 10.4 Å². The lowest BCUT2D eigenvalue weighted by Crippen LogP contribution is -2.53. The van der Waals surface area contributed by atoms with E-state index in [-0.39, 0.29) is 12.1 Å². The Hall–Kier alpha value is -2.33. The van der Waals surface area contributed by atoms with Crippen LogP contribution in [0.1, 0.15) is 33.1 Å². The number of benzene rings is 2. The predicted octanol–water partition coefficient (Wildman–Crippen LogP) is 4.60. The third kappa shape index (κ3) is 3.44. The quantitative estimate of drug-likeness (QED) is 0.874. The van der Waals surface area contributed by atoms with Crippen molar-refractivity contribution >= 4 is 17.3 Å². The van der Waals surface area contributed by atoms with E-state index in [1.165, 1.54) is 5.06 Å². The van der Waals surface area contributed by atoms with Gasteiger partial charge in [0.15, 0.2) is 6.23 Å². The van der Waals surface area contributed by atoms with Crippen molar-refractivity contribution in [2.45, 2.75) is 39.3 Å². The van der Waals surface area contributed by atoms with Gasteiger partial charge >= 0.3 is 0 Å². The summed E-state index contributed by atoms with van der Waals surface area (Å²) < 4.78 is 0. The van der Waals surface area contributed by atoms with E-state index < -0.39 is 5.41 Å². The average Bonchev–Trinajstić information content (AvgIpc) is 2.60. The van der Waals surface area contributed by atoms with Gasteiger partial charge in [-0.2, -0.15) is 5.06 Å². The van der Waals surface area contributed by atoms with Gasteiger partial charge in [0, 0.05) is 12.1 Å². The van der Waals surface area contributed by atoms with Crippen molar-refractivity contribution in [3.05, 3.63) is 60.7 Å². The molecule has 1 fully saturated rings. The lowest BCUT2D eigenvalue weighted by molar-refractivity contribution is -0.149. The second-order valence-corrected chi connectivity index (χ2v) is 6.55. The van der Waals surface area contributed by atoms with Crippen LogP contribution in [0, 0.1) is 5.41 Å². The third-order valence-electron chi connectivity index (χ3n) is 4.46. The second kappa shape index (κ2) is 7.05. The van der Waals surface area contributed by atoms with Crippen molar-refractivity contribution < 1.29 is 9.63 Å². The normalized spacial score (nSPS) is 24.0. The summed E-state index contributed by atoms with van der Waals surface area (Å²) in [6.45, 7) is 4.15. The maximum atomic E-state index is 13.0. The van der Waals surface area contributed by atoms with Crippen molar-refractivity contribution in [2.24, 2.45) is 5.41 Å². The van der Waals surface area contributed by atoms with E-state index in [4.69, 9.17) is 4.84 Å². The first kappa shape index (κ1) is 16.5. The molecule has 2 atom stereocenters. The standard InChI is InChI=1S/C20H24N2O2/c1-3-14-20(2)15-18(21-16-10-6-4-7-11-16)24-22(19(20)23)17-12-8-5-9-13-17/h4-13,18,21H,3,14-15H2,1-2H3. The zero-order valence-electron chi connectivity index (χ0n) is 14.2. The van der Waals surface area contributed by atoms with Crippen LogP contribution >= 0.6 is 0 Å². The molecule has 1 saturated heterocycles. The van der Waals surface area contributed by atoms with E-state index in [2.05, 4.69) is 12.2 Å². The minimum atomic E-state index is -0.435. The molecule has 2 aromatic rings. The smallest absolute Gasteiger partial charge is 0.257 e. The van der Waals surface area contributed by atoms with E-state index in [0.717, 1.165) is 24.2 Å². The van der Waals surface area contributed by atoms with Crippen molar-refractivity contribution in [1.29, 1.82) is 0 Å². The highest BCUT2D eigenvalue weighted by Crippen LogP contribution is 2.39. The highest BCUT2D eigenvalue weighted by Gasteiger charge is 2.45. The number of hydroxylamine groups is 1. The predicted molar refractivity (Wildman–Crippen MR) is 96.5 cm³/mol. The summed E-state index contributed by atoms with van der Waals surface area (Å²) in [5.41, 5.74) is 1.32. The fraction of sp³-hybridized carbons (Fsp3) is 0.350. The van der Waals surface area contributed by atoms with Crippen LogP contribution in [0.4, 0.5) is 11.4 Å². The van der Waals surface area contributed by atoms with Gasteiger partial charge in [-0.15, -0.1) is 0 Å². The molecule has 126 valence electrons. The molecular weight excluding hydrogens is 300 g/mol. The number of hydrogen-bond acceptors (Lipinski definition) is 3. The van der Waals surface area contributed by atoms with E-state index in [1.807, 2.05) is 67.6 Å². The number of hydrogen-bond donors (Lipinski definition) is 1. The molecule has 0 bridgehead atoms. The number of carbonyl (C=O) groups is 1. The van der Waals surface area contributed by atoms with Gasteiger partial charge in [-0.05, 0) is 30.7 Å². The summed E-state index contributed by atoms with van der Waals surface area (Å²) in [5.74, 6) is 0.0293. The summed E-state index contributed by atoms with van der Waals surface area (Å²) in [6, 6.07) is 19.5. The number of rotatable bonds is 5. The van der Waals surface area contributed by atoms with E-state index in [9.17, 15) is 4.79 Å². The van der Waals surface area contributed by atoms with Gasteiger partial charge in [0.2, 0.25) is 0 Å². The lowest BCUT2D eigenvalue weighted by Gasteiger charge is -2.42. The molecule has 1 N–H and O–H groups in total. The summed E-state index contributed by atoms with van der Waals surface area (Å²) in [7, 11) is 0. The highest BCUT2D eigenvalue weighted by molar-refractivity contribution is 5.96. The van der Waals surface area contributed by atoms with E-state index in [0.29, 0.717) is 6.42 Å². The molecule has 0 aromatic heterocycles. The third-order valence-corrected chi connectivity index (χ3v) is 4.46. The molecule has 24 heavy (non-hydrogen) atoms. The summed E-state index contributed by atoms with van der Waals surface area (Å²) in [6.07, 6.45) is 2.20. The summed E-state index contributed by atoms with van der Waals surface area (Å²) >= 11 is 0. The van der Waals surface area contributed by atoms with Crippen LogP contribution in [0.15, 0.2) is 60.7 Å². The molecule has 0 radical (unpaired) electrons. The van der Waals surface area contributed by atoms with Gasteiger partial charge in [0.1, 0.15) is 0 Å². The van der Waals surface area contributed by atoms with E-state index >= 15 is 0 Å². The minimum absolute atomic E-state index is 0.0293. The monoisotopic (exact) mass is 324 g/mol. The number of carbonyl (C=O) groups excluding carboxylic acids is 1. The second-order valence-electron chi connectivity index (χ2n) is 6.55. The Kier molecular flexibility index (Phi) is 4.86. The maximum absolute atomic E-state index is 13.0. The molecule has 4 nitrogen and oxygen atoms in total. The van der Waals surface area contributed by atoms with E-state index in [1.54, 1.807) is 0 Å². The van der Waals surface area contributed by atoms with Crippen molar-refractivity contribution in [3.8, 4) is 0 Å². The zero-order valence-corrected chi connectivity index (χ0v) is 14.2. The summed E-state index contributed by atoms with van der Waals surface area (Å²) in [5, 5.41) is 4.86. The highest BCUT2D eigenvalue weighted by atomic mass is 16.7. The van der Waals surface area contributed by atoms with Gasteiger partial charge in [-0.1, -0.05) is 56.7 Å². The Morgan fingerprint density at radius 1 is 1.12 bits per heavy atom. The molecule has 2 unspecified atom stereocenters. The van der Waals surface area contributed by atoms with Crippen LogP contribution in [0.2, 0.25) is 0 Å². The first-order valence-corrected chi connectivity index (χ1v) is 8.50. The van der Waals surface area contributed by atoms with Gasteiger partial charge in [-0.25, -0.2) is 4.84 Å². The molecule has 0 saturated carbocycles.